The highest BCUT2D eigenvalue weighted by atomic mass is 16.6. The van der Waals surface area contributed by atoms with E-state index in [0.717, 1.165) is 39.8 Å². The zero-order valence-corrected chi connectivity index (χ0v) is 22.0. The molecule has 208 valence electrons. The lowest BCUT2D eigenvalue weighted by Crippen LogP contribution is -2.14. The number of hydrogen-bond acceptors (Lipinski definition) is 12. The Morgan fingerprint density at radius 2 is 0.825 bits per heavy atom. The number of phenolic OH excluding ortho intramolecular Hbond substituents is 2. The van der Waals surface area contributed by atoms with Gasteiger partial charge in [0.05, 0.1) is 11.1 Å². The van der Waals surface area contributed by atoms with Crippen LogP contribution in [0.2, 0.25) is 0 Å². The highest BCUT2D eigenvalue weighted by molar-refractivity contribution is 5.98. The first-order chi connectivity index (χ1) is 18.8. The summed E-state index contributed by atoms with van der Waals surface area (Å²) in [6.07, 6.45) is 0. The first kappa shape index (κ1) is 29.2. The second-order valence-electron chi connectivity index (χ2n) is 8.26. The lowest BCUT2D eigenvalue weighted by atomic mass is 9.94. The smallest absolute Gasteiger partial charge is 0.308 e. The lowest BCUT2D eigenvalue weighted by molar-refractivity contribution is -0.135. The van der Waals surface area contributed by atoms with Crippen LogP contribution >= 0.6 is 0 Å². The van der Waals surface area contributed by atoms with Crippen LogP contribution in [0.25, 0.3) is 22.3 Å². The van der Waals surface area contributed by atoms with Gasteiger partial charge >= 0.3 is 29.8 Å². The molecule has 0 heterocycles. The summed E-state index contributed by atoms with van der Waals surface area (Å²) < 4.78 is 26.9. The Balaban J connectivity index is 2.59. The molecule has 0 radical (unpaired) electrons. The fourth-order valence-electron chi connectivity index (χ4n) is 3.68. The monoisotopic (exact) mass is 552 g/mol. The van der Waals surface area contributed by atoms with Gasteiger partial charge in [0.2, 0.25) is 0 Å². The molecule has 3 aromatic carbocycles. The third-order valence-electron chi connectivity index (χ3n) is 4.97. The van der Waals surface area contributed by atoms with Gasteiger partial charge in [-0.3, -0.25) is 24.0 Å². The van der Waals surface area contributed by atoms with Crippen LogP contribution in [0.15, 0.2) is 42.5 Å². The van der Waals surface area contributed by atoms with E-state index in [2.05, 4.69) is 0 Å². The van der Waals surface area contributed by atoms with Gasteiger partial charge in [-0.15, -0.1) is 0 Å². The van der Waals surface area contributed by atoms with Gasteiger partial charge in [-0.05, 0) is 35.4 Å². The Morgan fingerprint density at radius 1 is 0.475 bits per heavy atom. The van der Waals surface area contributed by atoms with Crippen molar-refractivity contribution in [2.75, 3.05) is 0 Å². The zero-order chi connectivity index (χ0) is 29.7. The third kappa shape index (κ3) is 6.72. The molecular formula is C28H24O12. The zero-order valence-electron chi connectivity index (χ0n) is 22.0. The Labute approximate surface area is 227 Å². The van der Waals surface area contributed by atoms with Crippen molar-refractivity contribution >= 4 is 29.8 Å². The van der Waals surface area contributed by atoms with E-state index < -0.39 is 64.3 Å². The number of phenols is 2. The van der Waals surface area contributed by atoms with E-state index >= 15 is 0 Å². The quantitative estimate of drug-likeness (QED) is 0.245. The van der Waals surface area contributed by atoms with E-state index in [1.165, 1.54) is 37.3 Å². The topological polar surface area (TPSA) is 172 Å². The van der Waals surface area contributed by atoms with Crippen molar-refractivity contribution in [1.29, 1.82) is 0 Å². The maximum Gasteiger partial charge on any atom is 0.308 e. The summed E-state index contributed by atoms with van der Waals surface area (Å²) in [5, 5.41) is 20.0. The third-order valence-corrected chi connectivity index (χ3v) is 4.97. The van der Waals surface area contributed by atoms with E-state index in [0.29, 0.717) is 0 Å². The fourth-order valence-corrected chi connectivity index (χ4v) is 3.68. The molecular weight excluding hydrogens is 528 g/mol. The van der Waals surface area contributed by atoms with E-state index in [9.17, 15) is 34.2 Å². The molecule has 0 bridgehead atoms. The normalized spacial score (nSPS) is 10.3. The molecule has 0 aliphatic rings. The first-order valence-corrected chi connectivity index (χ1v) is 11.6. The molecule has 0 spiro atoms. The van der Waals surface area contributed by atoms with Gasteiger partial charge < -0.3 is 33.9 Å². The van der Waals surface area contributed by atoms with Crippen LogP contribution < -0.4 is 23.7 Å². The highest BCUT2D eigenvalue weighted by Crippen LogP contribution is 2.58. The standard InChI is InChI=1S/C28H24O12/c1-13(29)36-20-9-6-18(7-10-20)23-25(37-14(2)30)27(39-16(4)32)24(19-8-11-21(34)22(35)12-19)28(40-17(5)33)26(23)38-15(3)31/h6-12,34-35H,1-5H3. The molecule has 3 rings (SSSR count). The van der Waals surface area contributed by atoms with Gasteiger partial charge in [-0.2, -0.15) is 0 Å². The van der Waals surface area contributed by atoms with Crippen molar-refractivity contribution in [2.45, 2.75) is 34.6 Å². The van der Waals surface area contributed by atoms with E-state index in [1.807, 2.05) is 0 Å². The summed E-state index contributed by atoms with van der Waals surface area (Å²) in [5.74, 6) is -6.64. The molecule has 0 atom stereocenters. The molecule has 0 aromatic heterocycles. The van der Waals surface area contributed by atoms with Crippen LogP contribution in [0, 0.1) is 0 Å². The molecule has 3 aromatic rings. The van der Waals surface area contributed by atoms with Crippen molar-refractivity contribution in [3.8, 4) is 62.5 Å². The van der Waals surface area contributed by atoms with Crippen LogP contribution in [-0.4, -0.2) is 40.1 Å². The summed E-state index contributed by atoms with van der Waals surface area (Å²) in [7, 11) is 0. The minimum atomic E-state index is -0.872. The second-order valence-corrected chi connectivity index (χ2v) is 8.26. The van der Waals surface area contributed by atoms with Crippen molar-refractivity contribution in [3.63, 3.8) is 0 Å². The molecule has 0 amide bonds. The summed E-state index contributed by atoms with van der Waals surface area (Å²) in [6, 6.07) is 9.10. The summed E-state index contributed by atoms with van der Waals surface area (Å²) >= 11 is 0. The number of esters is 5. The summed E-state index contributed by atoms with van der Waals surface area (Å²) in [5.41, 5.74) is -0.154. The number of rotatable bonds is 7. The maximum atomic E-state index is 12.3. The predicted octanol–water partition coefficient (Wildman–Crippen LogP) is 4.06. The molecule has 0 aliphatic carbocycles. The molecule has 0 aliphatic heterocycles. The number of carbonyl (C=O) groups excluding carboxylic acids is 5. The van der Waals surface area contributed by atoms with Crippen molar-refractivity contribution in [3.05, 3.63) is 42.5 Å². The minimum Gasteiger partial charge on any atom is -0.504 e. The van der Waals surface area contributed by atoms with Crippen LogP contribution in [0.4, 0.5) is 0 Å². The van der Waals surface area contributed by atoms with Gasteiger partial charge in [0.25, 0.3) is 0 Å². The number of aromatic hydroxyl groups is 2. The van der Waals surface area contributed by atoms with E-state index in [1.54, 1.807) is 0 Å². The largest absolute Gasteiger partial charge is 0.504 e. The second kappa shape index (κ2) is 12.0. The van der Waals surface area contributed by atoms with E-state index in [-0.39, 0.29) is 28.0 Å². The Hall–Kier alpha value is -5.39. The maximum absolute atomic E-state index is 12.3. The number of carbonyl (C=O) groups is 5. The number of ether oxygens (including phenoxy) is 5. The lowest BCUT2D eigenvalue weighted by Gasteiger charge is -2.24. The molecule has 0 saturated heterocycles. The molecule has 12 nitrogen and oxygen atoms in total. The molecule has 0 unspecified atom stereocenters. The van der Waals surface area contributed by atoms with Crippen molar-refractivity contribution in [2.24, 2.45) is 0 Å². The van der Waals surface area contributed by atoms with E-state index in [4.69, 9.17) is 23.7 Å². The Bertz CT molecular complexity index is 1460. The van der Waals surface area contributed by atoms with Crippen molar-refractivity contribution in [1.82, 2.24) is 0 Å². The average Bonchev–Trinajstić information content (AvgIpc) is 2.83. The highest BCUT2D eigenvalue weighted by Gasteiger charge is 2.34. The van der Waals surface area contributed by atoms with Crippen molar-refractivity contribution < 1.29 is 57.9 Å². The van der Waals surface area contributed by atoms with Gasteiger partial charge in [0.1, 0.15) is 5.75 Å². The van der Waals surface area contributed by atoms with Gasteiger partial charge in [-0.1, -0.05) is 18.2 Å². The molecule has 0 saturated carbocycles. The fraction of sp³-hybridized carbons (Fsp3) is 0.179. The first-order valence-electron chi connectivity index (χ1n) is 11.6. The SMILES string of the molecule is CC(=O)Oc1ccc(-c2c(OC(C)=O)c(OC(C)=O)c(-c3ccc(O)c(O)c3)c(OC(C)=O)c2OC(C)=O)cc1. The van der Waals surface area contributed by atoms with Gasteiger partial charge in [0.15, 0.2) is 34.5 Å². The van der Waals surface area contributed by atoms with Crippen LogP contribution in [-0.2, 0) is 24.0 Å². The molecule has 2 N–H and O–H groups in total. The Kier molecular flexibility index (Phi) is 8.74. The summed E-state index contributed by atoms with van der Waals surface area (Å²) in [4.78, 5) is 60.4. The molecule has 12 heteroatoms. The Morgan fingerprint density at radius 3 is 1.18 bits per heavy atom. The van der Waals surface area contributed by atoms with Crippen LogP contribution in [0.5, 0.6) is 40.2 Å². The number of benzene rings is 3. The van der Waals surface area contributed by atoms with Crippen LogP contribution in [0.3, 0.4) is 0 Å². The number of hydrogen-bond donors (Lipinski definition) is 2. The predicted molar refractivity (Wildman–Crippen MR) is 137 cm³/mol. The van der Waals surface area contributed by atoms with Gasteiger partial charge in [0, 0.05) is 34.6 Å². The summed E-state index contributed by atoms with van der Waals surface area (Å²) in [6.45, 7) is 5.48. The van der Waals surface area contributed by atoms with Crippen LogP contribution in [0.1, 0.15) is 34.6 Å². The average molecular weight is 552 g/mol. The molecule has 40 heavy (non-hydrogen) atoms. The molecule has 0 fully saturated rings. The minimum absolute atomic E-state index is 0.0151. The van der Waals surface area contributed by atoms with Gasteiger partial charge in [-0.25, -0.2) is 0 Å².